The van der Waals surface area contributed by atoms with E-state index >= 15 is 0 Å². The van der Waals surface area contributed by atoms with Gasteiger partial charge in [0.2, 0.25) is 0 Å². The summed E-state index contributed by atoms with van der Waals surface area (Å²) in [6.45, 7) is 6.72. The third kappa shape index (κ3) is 4.07. The molecular formula is C10H22N2. The third-order valence-electron chi connectivity index (χ3n) is 2.44. The van der Waals surface area contributed by atoms with E-state index < -0.39 is 0 Å². The summed E-state index contributed by atoms with van der Waals surface area (Å²) in [4.78, 5) is 0. The first kappa shape index (κ1) is 10.0. The van der Waals surface area contributed by atoms with Gasteiger partial charge in [-0.25, -0.2) is 0 Å². The summed E-state index contributed by atoms with van der Waals surface area (Å²) in [6.07, 6.45) is 5.49. The molecule has 2 nitrogen and oxygen atoms in total. The predicted molar refractivity (Wildman–Crippen MR) is 53.4 cm³/mol. The van der Waals surface area contributed by atoms with E-state index in [4.69, 9.17) is 0 Å². The quantitative estimate of drug-likeness (QED) is 0.591. The lowest BCUT2D eigenvalue weighted by atomic mass is 9.93. The first-order valence-electron chi connectivity index (χ1n) is 5.26. The Morgan fingerprint density at radius 1 is 1.25 bits per heavy atom. The first-order valence-corrected chi connectivity index (χ1v) is 5.26. The van der Waals surface area contributed by atoms with E-state index in [1.165, 1.54) is 32.2 Å². The highest BCUT2D eigenvalue weighted by molar-refractivity contribution is 4.75. The zero-order valence-electron chi connectivity index (χ0n) is 8.40. The molecule has 0 aromatic carbocycles. The summed E-state index contributed by atoms with van der Waals surface area (Å²) in [7, 11) is 0. The smallest absolute Gasteiger partial charge is 0.00670 e. The van der Waals surface area contributed by atoms with Crippen molar-refractivity contribution in [3.63, 3.8) is 0 Å². The SMILES string of the molecule is CC(C)NCCCNC1CCC1. The Morgan fingerprint density at radius 2 is 2.00 bits per heavy atom. The van der Waals surface area contributed by atoms with Crippen LogP contribution in [0.15, 0.2) is 0 Å². The van der Waals surface area contributed by atoms with Crippen molar-refractivity contribution in [1.82, 2.24) is 10.6 Å². The molecule has 1 aliphatic carbocycles. The Labute approximate surface area is 76.1 Å². The maximum absolute atomic E-state index is 3.55. The minimum absolute atomic E-state index is 0.633. The largest absolute Gasteiger partial charge is 0.314 e. The van der Waals surface area contributed by atoms with Crippen molar-refractivity contribution in [3.8, 4) is 0 Å². The van der Waals surface area contributed by atoms with Crippen LogP contribution in [0.5, 0.6) is 0 Å². The van der Waals surface area contributed by atoms with Crippen molar-refractivity contribution in [1.29, 1.82) is 0 Å². The maximum Gasteiger partial charge on any atom is 0.00670 e. The van der Waals surface area contributed by atoms with Crippen LogP contribution in [0, 0.1) is 0 Å². The minimum Gasteiger partial charge on any atom is -0.314 e. The zero-order valence-corrected chi connectivity index (χ0v) is 8.40. The van der Waals surface area contributed by atoms with Crippen molar-refractivity contribution in [2.45, 2.75) is 51.6 Å². The molecule has 0 aromatic heterocycles. The van der Waals surface area contributed by atoms with Crippen LogP contribution in [0.25, 0.3) is 0 Å². The van der Waals surface area contributed by atoms with Gasteiger partial charge in [-0.3, -0.25) is 0 Å². The summed E-state index contributed by atoms with van der Waals surface area (Å²) >= 11 is 0. The normalized spacial score (nSPS) is 18.2. The monoisotopic (exact) mass is 170 g/mol. The Balaban J connectivity index is 1.76. The van der Waals surface area contributed by atoms with E-state index in [9.17, 15) is 0 Å². The highest BCUT2D eigenvalue weighted by Crippen LogP contribution is 2.17. The second kappa shape index (κ2) is 5.55. The fourth-order valence-electron chi connectivity index (χ4n) is 1.40. The molecule has 1 fully saturated rings. The molecule has 1 aliphatic rings. The summed E-state index contributed by atoms with van der Waals surface area (Å²) in [5.74, 6) is 0. The lowest BCUT2D eigenvalue weighted by Crippen LogP contribution is -2.37. The van der Waals surface area contributed by atoms with Gasteiger partial charge in [0.05, 0.1) is 0 Å². The Hall–Kier alpha value is -0.0800. The molecule has 0 atom stereocenters. The molecule has 0 heterocycles. The van der Waals surface area contributed by atoms with E-state index in [0.29, 0.717) is 6.04 Å². The second-order valence-corrected chi connectivity index (χ2v) is 4.04. The summed E-state index contributed by atoms with van der Waals surface area (Å²) in [5, 5.41) is 6.97. The average molecular weight is 170 g/mol. The third-order valence-corrected chi connectivity index (χ3v) is 2.44. The molecular weight excluding hydrogens is 148 g/mol. The molecule has 0 aromatic rings. The van der Waals surface area contributed by atoms with Crippen LogP contribution in [0.4, 0.5) is 0 Å². The number of nitrogens with one attached hydrogen (secondary N) is 2. The van der Waals surface area contributed by atoms with E-state index in [0.717, 1.165) is 12.6 Å². The molecule has 0 amide bonds. The lowest BCUT2D eigenvalue weighted by molar-refractivity contribution is 0.337. The van der Waals surface area contributed by atoms with Crippen LogP contribution in [0.1, 0.15) is 39.5 Å². The van der Waals surface area contributed by atoms with Gasteiger partial charge in [0.1, 0.15) is 0 Å². The molecule has 0 saturated heterocycles. The second-order valence-electron chi connectivity index (χ2n) is 4.04. The zero-order chi connectivity index (χ0) is 8.81. The molecule has 1 saturated carbocycles. The fraction of sp³-hybridized carbons (Fsp3) is 1.00. The standard InChI is InChI=1S/C10H22N2/c1-9(2)11-7-4-8-12-10-5-3-6-10/h9-12H,3-8H2,1-2H3. The number of rotatable bonds is 6. The van der Waals surface area contributed by atoms with E-state index in [1.54, 1.807) is 0 Å². The van der Waals surface area contributed by atoms with Crippen molar-refractivity contribution in [3.05, 3.63) is 0 Å². The number of hydrogen-bond acceptors (Lipinski definition) is 2. The van der Waals surface area contributed by atoms with Gasteiger partial charge >= 0.3 is 0 Å². The van der Waals surface area contributed by atoms with Gasteiger partial charge in [-0.1, -0.05) is 20.3 Å². The molecule has 2 heteroatoms. The summed E-state index contributed by atoms with van der Waals surface area (Å²) < 4.78 is 0. The van der Waals surface area contributed by atoms with Gasteiger partial charge < -0.3 is 10.6 Å². The number of hydrogen-bond donors (Lipinski definition) is 2. The van der Waals surface area contributed by atoms with Crippen molar-refractivity contribution in [2.75, 3.05) is 13.1 Å². The molecule has 2 N–H and O–H groups in total. The van der Waals surface area contributed by atoms with Crippen molar-refractivity contribution < 1.29 is 0 Å². The van der Waals surface area contributed by atoms with Crippen LogP contribution >= 0.6 is 0 Å². The minimum atomic E-state index is 0.633. The molecule has 0 aliphatic heterocycles. The Bertz CT molecular complexity index is 108. The van der Waals surface area contributed by atoms with Crippen LogP contribution in [0.3, 0.4) is 0 Å². The van der Waals surface area contributed by atoms with E-state index in [-0.39, 0.29) is 0 Å². The van der Waals surface area contributed by atoms with Crippen molar-refractivity contribution >= 4 is 0 Å². The average Bonchev–Trinajstić information content (AvgIpc) is 1.92. The van der Waals surface area contributed by atoms with Gasteiger partial charge in [-0.05, 0) is 32.4 Å². The van der Waals surface area contributed by atoms with E-state index in [2.05, 4.69) is 24.5 Å². The van der Waals surface area contributed by atoms with Gasteiger partial charge in [0, 0.05) is 12.1 Å². The Kier molecular flexibility index (Phi) is 4.62. The van der Waals surface area contributed by atoms with Crippen LogP contribution < -0.4 is 10.6 Å². The van der Waals surface area contributed by atoms with Gasteiger partial charge in [-0.2, -0.15) is 0 Å². The Morgan fingerprint density at radius 3 is 2.50 bits per heavy atom. The van der Waals surface area contributed by atoms with E-state index in [1.807, 2.05) is 0 Å². The van der Waals surface area contributed by atoms with Crippen molar-refractivity contribution in [2.24, 2.45) is 0 Å². The van der Waals surface area contributed by atoms with Gasteiger partial charge in [0.25, 0.3) is 0 Å². The molecule has 0 spiro atoms. The highest BCUT2D eigenvalue weighted by atomic mass is 14.9. The molecule has 0 bridgehead atoms. The summed E-state index contributed by atoms with van der Waals surface area (Å²) in [6, 6.07) is 1.48. The van der Waals surface area contributed by atoms with Crippen LogP contribution in [-0.4, -0.2) is 25.2 Å². The predicted octanol–water partition coefficient (Wildman–Crippen LogP) is 1.52. The van der Waals surface area contributed by atoms with Gasteiger partial charge in [-0.15, -0.1) is 0 Å². The van der Waals surface area contributed by atoms with Crippen LogP contribution in [-0.2, 0) is 0 Å². The summed E-state index contributed by atoms with van der Waals surface area (Å²) in [5.41, 5.74) is 0. The fourth-order valence-corrected chi connectivity index (χ4v) is 1.40. The van der Waals surface area contributed by atoms with Crippen LogP contribution in [0.2, 0.25) is 0 Å². The van der Waals surface area contributed by atoms with Gasteiger partial charge in [0.15, 0.2) is 0 Å². The molecule has 0 unspecified atom stereocenters. The maximum atomic E-state index is 3.55. The highest BCUT2D eigenvalue weighted by Gasteiger charge is 2.15. The molecule has 72 valence electrons. The molecule has 0 radical (unpaired) electrons. The first-order chi connectivity index (χ1) is 5.79. The molecule has 12 heavy (non-hydrogen) atoms. The lowest BCUT2D eigenvalue weighted by Gasteiger charge is -2.26. The molecule has 1 rings (SSSR count). The topological polar surface area (TPSA) is 24.1 Å².